The third-order valence-corrected chi connectivity index (χ3v) is 5.63. The highest BCUT2D eigenvalue weighted by Gasteiger charge is 2.26. The first-order valence-electron chi connectivity index (χ1n) is 8.81. The number of piperazine rings is 1. The summed E-state index contributed by atoms with van der Waals surface area (Å²) >= 11 is 1.62. The Balaban J connectivity index is 1.51. The number of thiazole rings is 1. The normalized spacial score (nSPS) is 17.5. The molecule has 0 spiro atoms. The van der Waals surface area contributed by atoms with E-state index in [4.69, 9.17) is 0 Å². The number of hydrogen-bond acceptors (Lipinski definition) is 4. The summed E-state index contributed by atoms with van der Waals surface area (Å²) in [6.07, 6.45) is 1.86. The summed E-state index contributed by atoms with van der Waals surface area (Å²) in [6.45, 7) is 6.28. The van der Waals surface area contributed by atoms with Crippen LogP contribution < -0.4 is 5.32 Å². The van der Waals surface area contributed by atoms with Gasteiger partial charge >= 0.3 is 0 Å². The van der Waals surface area contributed by atoms with Crippen molar-refractivity contribution in [3.8, 4) is 11.3 Å². The minimum absolute atomic E-state index is 0.0447. The second-order valence-electron chi connectivity index (χ2n) is 6.67. The Kier molecular flexibility index (Phi) is 4.61. The van der Waals surface area contributed by atoms with Gasteiger partial charge in [0.1, 0.15) is 5.69 Å². The van der Waals surface area contributed by atoms with Gasteiger partial charge in [0.2, 0.25) is 0 Å². The van der Waals surface area contributed by atoms with Crippen LogP contribution in [-0.2, 0) is 0 Å². The number of carbonyl (C=O) groups excluding carboxylic acids is 1. The predicted molar refractivity (Wildman–Crippen MR) is 104 cm³/mol. The van der Waals surface area contributed by atoms with Gasteiger partial charge in [0.25, 0.3) is 5.91 Å². The maximum Gasteiger partial charge on any atom is 0.270 e. The van der Waals surface area contributed by atoms with E-state index in [1.54, 1.807) is 11.3 Å². The third-order valence-electron chi connectivity index (χ3n) is 4.85. The molecule has 2 N–H and O–H groups in total. The van der Waals surface area contributed by atoms with Crippen molar-refractivity contribution >= 4 is 17.2 Å². The molecule has 134 valence electrons. The van der Waals surface area contributed by atoms with Crippen LogP contribution in [0.5, 0.6) is 0 Å². The molecule has 0 aliphatic carbocycles. The molecule has 4 rings (SSSR count). The van der Waals surface area contributed by atoms with Gasteiger partial charge in [-0.25, -0.2) is 4.98 Å². The van der Waals surface area contributed by atoms with Crippen LogP contribution in [0.3, 0.4) is 0 Å². The molecule has 3 heterocycles. The Labute approximate surface area is 157 Å². The maximum absolute atomic E-state index is 13.0. The molecule has 1 fully saturated rings. The van der Waals surface area contributed by atoms with Gasteiger partial charge in [-0.05, 0) is 31.0 Å². The molecule has 5 nitrogen and oxygen atoms in total. The van der Waals surface area contributed by atoms with E-state index in [0.717, 1.165) is 22.8 Å². The molecule has 1 aliphatic rings. The predicted octanol–water partition coefficient (Wildman–Crippen LogP) is 3.54. The molecule has 3 aromatic rings. The third kappa shape index (κ3) is 3.30. The van der Waals surface area contributed by atoms with Crippen molar-refractivity contribution < 1.29 is 4.79 Å². The molecule has 0 bridgehead atoms. The van der Waals surface area contributed by atoms with Gasteiger partial charge < -0.3 is 15.2 Å². The van der Waals surface area contributed by atoms with Crippen LogP contribution in [0, 0.1) is 13.8 Å². The number of rotatable bonds is 3. The van der Waals surface area contributed by atoms with E-state index in [1.165, 1.54) is 11.1 Å². The SMILES string of the molecule is Cc1nc(-c2c[nH]c(C(=O)N3CCNC(c4ccccc4C)C3)c2)cs1. The number of aromatic nitrogens is 2. The van der Waals surface area contributed by atoms with Gasteiger partial charge in [-0.1, -0.05) is 24.3 Å². The molecule has 0 radical (unpaired) electrons. The summed E-state index contributed by atoms with van der Waals surface area (Å²) in [5.74, 6) is 0.0447. The Hall–Kier alpha value is -2.44. The number of nitrogens with one attached hydrogen (secondary N) is 2. The first kappa shape index (κ1) is 17.0. The number of aryl methyl sites for hydroxylation is 2. The number of hydrogen-bond donors (Lipinski definition) is 2. The van der Waals surface area contributed by atoms with Crippen LogP contribution in [0.4, 0.5) is 0 Å². The topological polar surface area (TPSA) is 61.0 Å². The van der Waals surface area contributed by atoms with Crippen molar-refractivity contribution in [2.75, 3.05) is 19.6 Å². The average molecular weight is 366 g/mol. The molecule has 1 aromatic carbocycles. The molecular formula is C20H22N4OS. The van der Waals surface area contributed by atoms with Crippen molar-refractivity contribution in [2.24, 2.45) is 0 Å². The van der Waals surface area contributed by atoms with Gasteiger partial charge in [-0.15, -0.1) is 11.3 Å². The van der Waals surface area contributed by atoms with E-state index in [0.29, 0.717) is 18.8 Å². The van der Waals surface area contributed by atoms with E-state index in [1.807, 2.05) is 35.5 Å². The number of benzene rings is 1. The van der Waals surface area contributed by atoms with E-state index >= 15 is 0 Å². The first-order valence-corrected chi connectivity index (χ1v) is 9.69. The zero-order valence-corrected chi connectivity index (χ0v) is 15.8. The lowest BCUT2D eigenvalue weighted by atomic mass is 9.99. The Morgan fingerprint density at radius 3 is 2.92 bits per heavy atom. The van der Waals surface area contributed by atoms with Crippen LogP contribution in [0.1, 0.15) is 32.7 Å². The number of aromatic amines is 1. The van der Waals surface area contributed by atoms with Crippen molar-refractivity contribution in [1.82, 2.24) is 20.2 Å². The lowest BCUT2D eigenvalue weighted by Crippen LogP contribution is -2.48. The summed E-state index contributed by atoms with van der Waals surface area (Å²) in [7, 11) is 0. The zero-order valence-electron chi connectivity index (χ0n) is 15.0. The van der Waals surface area contributed by atoms with E-state index < -0.39 is 0 Å². The fourth-order valence-corrected chi connectivity index (χ4v) is 4.07. The van der Waals surface area contributed by atoms with Crippen LogP contribution in [-0.4, -0.2) is 40.4 Å². The minimum atomic E-state index is 0.0447. The highest BCUT2D eigenvalue weighted by atomic mass is 32.1. The maximum atomic E-state index is 13.0. The monoisotopic (exact) mass is 366 g/mol. The second-order valence-corrected chi connectivity index (χ2v) is 7.73. The van der Waals surface area contributed by atoms with E-state index in [9.17, 15) is 4.79 Å². The minimum Gasteiger partial charge on any atom is -0.357 e. The summed E-state index contributed by atoms with van der Waals surface area (Å²) in [6, 6.07) is 10.4. The van der Waals surface area contributed by atoms with E-state index in [2.05, 4.69) is 40.4 Å². The largest absolute Gasteiger partial charge is 0.357 e. The van der Waals surface area contributed by atoms with Gasteiger partial charge in [-0.3, -0.25) is 4.79 Å². The molecule has 1 unspecified atom stereocenters. The fraction of sp³-hybridized carbons (Fsp3) is 0.300. The molecular weight excluding hydrogens is 344 g/mol. The zero-order chi connectivity index (χ0) is 18.1. The number of carbonyl (C=O) groups is 1. The van der Waals surface area contributed by atoms with Crippen molar-refractivity contribution in [2.45, 2.75) is 19.9 Å². The van der Waals surface area contributed by atoms with E-state index in [-0.39, 0.29) is 11.9 Å². The smallest absolute Gasteiger partial charge is 0.270 e. The van der Waals surface area contributed by atoms with Crippen molar-refractivity contribution in [3.63, 3.8) is 0 Å². The van der Waals surface area contributed by atoms with Crippen LogP contribution >= 0.6 is 11.3 Å². The van der Waals surface area contributed by atoms with Gasteiger partial charge in [0, 0.05) is 36.8 Å². The number of nitrogens with zero attached hydrogens (tertiary/aromatic N) is 2. The molecule has 1 saturated heterocycles. The lowest BCUT2D eigenvalue weighted by Gasteiger charge is -2.34. The fourth-order valence-electron chi connectivity index (χ4n) is 3.45. The van der Waals surface area contributed by atoms with Crippen molar-refractivity contribution in [3.05, 3.63) is 63.7 Å². The van der Waals surface area contributed by atoms with Gasteiger partial charge in [-0.2, -0.15) is 0 Å². The Morgan fingerprint density at radius 2 is 2.15 bits per heavy atom. The van der Waals surface area contributed by atoms with Crippen LogP contribution in [0.25, 0.3) is 11.3 Å². The summed E-state index contributed by atoms with van der Waals surface area (Å²) in [5, 5.41) is 6.58. The molecule has 2 aromatic heterocycles. The first-order chi connectivity index (χ1) is 12.6. The standard InChI is InChI=1S/C20H22N4OS/c1-13-5-3-4-6-16(13)18-11-24(8-7-21-18)20(25)17-9-15(10-22-17)19-12-26-14(2)23-19/h3-6,9-10,12,18,21-22H,7-8,11H2,1-2H3. The van der Waals surface area contributed by atoms with Crippen molar-refractivity contribution in [1.29, 1.82) is 0 Å². The summed E-state index contributed by atoms with van der Waals surface area (Å²) in [4.78, 5) is 22.5. The molecule has 6 heteroatoms. The molecule has 1 amide bonds. The quantitative estimate of drug-likeness (QED) is 0.745. The van der Waals surface area contributed by atoms with Gasteiger partial charge in [0.15, 0.2) is 0 Å². The Bertz CT molecular complexity index is 929. The Morgan fingerprint density at radius 1 is 1.31 bits per heavy atom. The van der Waals surface area contributed by atoms with Crippen LogP contribution in [0.2, 0.25) is 0 Å². The highest BCUT2D eigenvalue weighted by Crippen LogP contribution is 2.24. The molecule has 1 aliphatic heterocycles. The highest BCUT2D eigenvalue weighted by molar-refractivity contribution is 7.09. The lowest BCUT2D eigenvalue weighted by molar-refractivity contribution is 0.0697. The number of H-pyrrole nitrogens is 1. The molecule has 1 atom stereocenters. The average Bonchev–Trinajstić information content (AvgIpc) is 3.30. The van der Waals surface area contributed by atoms with Gasteiger partial charge in [0.05, 0.1) is 16.7 Å². The second kappa shape index (κ2) is 7.05. The molecule has 26 heavy (non-hydrogen) atoms. The van der Waals surface area contributed by atoms with Crippen LogP contribution in [0.15, 0.2) is 41.9 Å². The molecule has 0 saturated carbocycles. The number of amides is 1. The summed E-state index contributed by atoms with van der Waals surface area (Å²) in [5.41, 5.74) is 5.01. The summed E-state index contributed by atoms with van der Waals surface area (Å²) < 4.78 is 0.